The SMILES string of the molecule is O=C1Cc2nc(N3CCOCC3)sc2C(=O)O1. The number of nitrogens with zero attached hydrogens (tertiary/aromatic N) is 2. The predicted molar refractivity (Wildman–Crippen MR) is 59.3 cm³/mol. The number of rotatable bonds is 1. The Kier molecular flexibility index (Phi) is 2.56. The molecule has 7 heteroatoms. The molecule has 6 nitrogen and oxygen atoms in total. The van der Waals surface area contributed by atoms with Gasteiger partial charge in [-0.15, -0.1) is 0 Å². The van der Waals surface area contributed by atoms with Crippen molar-refractivity contribution in [2.75, 3.05) is 31.2 Å². The van der Waals surface area contributed by atoms with Crippen LogP contribution in [0.3, 0.4) is 0 Å². The maximum Gasteiger partial charge on any atom is 0.358 e. The normalized spacial score (nSPS) is 20.1. The Labute approximate surface area is 101 Å². The van der Waals surface area contributed by atoms with Crippen molar-refractivity contribution in [1.29, 1.82) is 0 Å². The van der Waals surface area contributed by atoms with Gasteiger partial charge in [0.2, 0.25) is 0 Å². The highest BCUT2D eigenvalue weighted by Gasteiger charge is 2.30. The summed E-state index contributed by atoms with van der Waals surface area (Å²) in [4.78, 5) is 29.4. The van der Waals surface area contributed by atoms with E-state index in [0.717, 1.165) is 18.2 Å². The molecule has 90 valence electrons. The van der Waals surface area contributed by atoms with Gasteiger partial charge in [0.15, 0.2) is 5.13 Å². The molecule has 0 spiro atoms. The maximum atomic E-state index is 11.5. The van der Waals surface area contributed by atoms with Crippen molar-refractivity contribution in [2.45, 2.75) is 6.42 Å². The van der Waals surface area contributed by atoms with E-state index in [2.05, 4.69) is 14.6 Å². The smallest absolute Gasteiger partial charge is 0.358 e. The minimum atomic E-state index is -0.576. The fourth-order valence-electron chi connectivity index (χ4n) is 1.83. The second-order valence-corrected chi connectivity index (χ2v) is 4.79. The summed E-state index contributed by atoms with van der Waals surface area (Å²) >= 11 is 1.28. The number of anilines is 1. The van der Waals surface area contributed by atoms with Gasteiger partial charge in [-0.3, -0.25) is 4.79 Å². The maximum absolute atomic E-state index is 11.5. The molecule has 1 fully saturated rings. The van der Waals surface area contributed by atoms with Crippen LogP contribution in [0.1, 0.15) is 15.4 Å². The summed E-state index contributed by atoms with van der Waals surface area (Å²) < 4.78 is 9.81. The van der Waals surface area contributed by atoms with Gasteiger partial charge in [-0.2, -0.15) is 0 Å². The summed E-state index contributed by atoms with van der Waals surface area (Å²) in [5.41, 5.74) is 0.540. The lowest BCUT2D eigenvalue weighted by atomic mass is 10.2. The van der Waals surface area contributed by atoms with Crippen LogP contribution in [0.5, 0.6) is 0 Å². The Morgan fingerprint density at radius 1 is 1.24 bits per heavy atom. The number of cyclic esters (lactones) is 2. The van der Waals surface area contributed by atoms with Crippen molar-refractivity contribution in [3.63, 3.8) is 0 Å². The van der Waals surface area contributed by atoms with Crippen molar-refractivity contribution in [3.05, 3.63) is 10.6 Å². The van der Waals surface area contributed by atoms with Gasteiger partial charge in [0.25, 0.3) is 0 Å². The monoisotopic (exact) mass is 254 g/mol. The minimum absolute atomic E-state index is 0.0852. The van der Waals surface area contributed by atoms with E-state index >= 15 is 0 Å². The van der Waals surface area contributed by atoms with Crippen LogP contribution in [0.2, 0.25) is 0 Å². The van der Waals surface area contributed by atoms with Crippen LogP contribution in [0.25, 0.3) is 0 Å². The second kappa shape index (κ2) is 4.08. The third-order valence-corrected chi connectivity index (χ3v) is 3.81. The molecular formula is C10H10N2O4S. The molecule has 0 aliphatic carbocycles. The van der Waals surface area contributed by atoms with Crippen molar-refractivity contribution >= 4 is 28.4 Å². The van der Waals surface area contributed by atoms with Crippen LogP contribution >= 0.6 is 11.3 Å². The van der Waals surface area contributed by atoms with Crippen LogP contribution < -0.4 is 4.90 Å². The van der Waals surface area contributed by atoms with E-state index in [1.807, 2.05) is 0 Å². The van der Waals surface area contributed by atoms with Gasteiger partial charge in [-0.1, -0.05) is 11.3 Å². The van der Waals surface area contributed by atoms with Gasteiger partial charge in [0, 0.05) is 13.1 Å². The number of carbonyl (C=O) groups excluding carboxylic acids is 2. The lowest BCUT2D eigenvalue weighted by Crippen LogP contribution is -2.36. The minimum Gasteiger partial charge on any atom is -0.388 e. The molecule has 0 unspecified atom stereocenters. The molecule has 0 bridgehead atoms. The van der Waals surface area contributed by atoms with Crippen molar-refractivity contribution in [2.24, 2.45) is 0 Å². The summed E-state index contributed by atoms with van der Waals surface area (Å²) in [5, 5.41) is 0.768. The first-order valence-electron chi connectivity index (χ1n) is 5.31. The molecule has 0 saturated carbocycles. The summed E-state index contributed by atoms with van der Waals surface area (Å²) in [6.45, 7) is 2.84. The average Bonchev–Trinajstić information content (AvgIpc) is 2.74. The first kappa shape index (κ1) is 10.7. The topological polar surface area (TPSA) is 68.7 Å². The second-order valence-electron chi connectivity index (χ2n) is 3.81. The number of hydrogen-bond donors (Lipinski definition) is 0. The summed E-state index contributed by atoms with van der Waals surface area (Å²) in [6, 6.07) is 0. The lowest BCUT2D eigenvalue weighted by molar-refractivity contribution is -0.137. The Morgan fingerprint density at radius 2 is 2.00 bits per heavy atom. The zero-order valence-electron chi connectivity index (χ0n) is 8.97. The van der Waals surface area contributed by atoms with E-state index in [0.29, 0.717) is 23.8 Å². The summed E-state index contributed by atoms with van der Waals surface area (Å²) in [7, 11) is 0. The van der Waals surface area contributed by atoms with Crippen LogP contribution in [-0.2, 0) is 20.7 Å². The van der Waals surface area contributed by atoms with Crippen LogP contribution in [0.15, 0.2) is 0 Å². The van der Waals surface area contributed by atoms with E-state index in [1.165, 1.54) is 11.3 Å². The number of morpholine rings is 1. The highest BCUT2D eigenvalue weighted by Crippen LogP contribution is 2.30. The number of fused-ring (bicyclic) bond motifs is 1. The highest BCUT2D eigenvalue weighted by atomic mass is 32.1. The molecule has 0 aromatic carbocycles. The van der Waals surface area contributed by atoms with Gasteiger partial charge in [-0.25, -0.2) is 9.78 Å². The summed E-state index contributed by atoms with van der Waals surface area (Å²) in [5.74, 6) is -1.10. The molecule has 0 radical (unpaired) electrons. The van der Waals surface area contributed by atoms with Gasteiger partial charge in [0.05, 0.1) is 25.3 Å². The number of esters is 2. The Morgan fingerprint density at radius 3 is 2.76 bits per heavy atom. The van der Waals surface area contributed by atoms with E-state index in [4.69, 9.17) is 4.74 Å². The third-order valence-electron chi connectivity index (χ3n) is 2.67. The average molecular weight is 254 g/mol. The fraction of sp³-hybridized carbons (Fsp3) is 0.500. The first-order valence-corrected chi connectivity index (χ1v) is 6.13. The van der Waals surface area contributed by atoms with Crippen LogP contribution in [0.4, 0.5) is 5.13 Å². The van der Waals surface area contributed by atoms with Crippen LogP contribution in [-0.4, -0.2) is 43.2 Å². The van der Waals surface area contributed by atoms with E-state index in [9.17, 15) is 9.59 Å². The molecule has 1 saturated heterocycles. The molecule has 2 aliphatic rings. The quantitative estimate of drug-likeness (QED) is 0.527. The molecule has 0 N–H and O–H groups in total. The van der Waals surface area contributed by atoms with Gasteiger partial charge in [0.1, 0.15) is 4.88 Å². The molecular weight excluding hydrogens is 244 g/mol. The number of carbonyl (C=O) groups is 2. The predicted octanol–water partition coefficient (Wildman–Crippen LogP) is 0.219. The van der Waals surface area contributed by atoms with Crippen LogP contribution in [0, 0.1) is 0 Å². The van der Waals surface area contributed by atoms with Gasteiger partial charge in [-0.05, 0) is 0 Å². The van der Waals surface area contributed by atoms with Gasteiger partial charge >= 0.3 is 11.9 Å². The number of hydrogen-bond acceptors (Lipinski definition) is 7. The molecule has 3 rings (SSSR count). The number of thiazole rings is 1. The van der Waals surface area contributed by atoms with Crippen molar-refractivity contribution in [3.8, 4) is 0 Å². The largest absolute Gasteiger partial charge is 0.388 e. The van der Waals surface area contributed by atoms with E-state index < -0.39 is 11.9 Å². The zero-order valence-corrected chi connectivity index (χ0v) is 9.79. The molecule has 0 amide bonds. The van der Waals surface area contributed by atoms with Crippen molar-refractivity contribution in [1.82, 2.24) is 4.98 Å². The fourth-order valence-corrected chi connectivity index (χ4v) is 2.84. The number of ether oxygens (including phenoxy) is 2. The third kappa shape index (κ3) is 1.91. The van der Waals surface area contributed by atoms with E-state index in [-0.39, 0.29) is 6.42 Å². The Bertz CT molecular complexity index is 479. The molecule has 0 atom stereocenters. The highest BCUT2D eigenvalue weighted by molar-refractivity contribution is 7.17. The molecule has 17 heavy (non-hydrogen) atoms. The molecule has 3 heterocycles. The Hall–Kier alpha value is -1.47. The lowest BCUT2D eigenvalue weighted by Gasteiger charge is -2.25. The summed E-state index contributed by atoms with van der Waals surface area (Å²) in [6.07, 6.45) is 0.0852. The van der Waals surface area contributed by atoms with Gasteiger partial charge < -0.3 is 14.4 Å². The van der Waals surface area contributed by atoms with Crippen molar-refractivity contribution < 1.29 is 19.1 Å². The molecule has 2 aliphatic heterocycles. The standard InChI is InChI=1S/C10H10N2O4S/c13-7-5-6-8(9(14)16-7)17-10(11-6)12-1-3-15-4-2-12/h1-5H2. The molecule has 1 aromatic heterocycles. The zero-order chi connectivity index (χ0) is 11.8. The van der Waals surface area contributed by atoms with E-state index in [1.54, 1.807) is 0 Å². The molecule has 1 aromatic rings. The Balaban J connectivity index is 1.90. The first-order chi connectivity index (χ1) is 8.24. The number of aromatic nitrogens is 1.